The van der Waals surface area contributed by atoms with Gasteiger partial charge in [0.15, 0.2) is 0 Å². The van der Waals surface area contributed by atoms with E-state index < -0.39 is 11.5 Å². The number of benzene rings is 1. The summed E-state index contributed by atoms with van der Waals surface area (Å²) in [7, 11) is 0. The van der Waals surface area contributed by atoms with Gasteiger partial charge >= 0.3 is 0 Å². The van der Waals surface area contributed by atoms with Gasteiger partial charge in [-0.3, -0.25) is 13.8 Å². The topological polar surface area (TPSA) is 87.5 Å². The van der Waals surface area contributed by atoms with Crippen LogP contribution in [0, 0.1) is 5.82 Å². The highest BCUT2D eigenvalue weighted by Crippen LogP contribution is 2.36. The second kappa shape index (κ2) is 6.71. The summed E-state index contributed by atoms with van der Waals surface area (Å²) >= 11 is 0. The molecule has 1 aromatic carbocycles. The van der Waals surface area contributed by atoms with E-state index >= 15 is 0 Å². The van der Waals surface area contributed by atoms with Gasteiger partial charge in [0, 0.05) is 12.5 Å². The molecule has 31 heavy (non-hydrogen) atoms. The summed E-state index contributed by atoms with van der Waals surface area (Å²) in [4.78, 5) is 22.8. The Balaban J connectivity index is 1.63. The fourth-order valence-electron chi connectivity index (χ4n) is 5.09. The Hall–Kier alpha value is -3.07. The van der Waals surface area contributed by atoms with Gasteiger partial charge in [-0.05, 0) is 44.7 Å². The van der Waals surface area contributed by atoms with Gasteiger partial charge in [0.05, 0.1) is 5.52 Å². The zero-order chi connectivity index (χ0) is 21.2. The van der Waals surface area contributed by atoms with Gasteiger partial charge in [-0.15, -0.1) is 0 Å². The zero-order valence-corrected chi connectivity index (χ0v) is 17.2. The molecule has 2 fully saturated rings. The van der Waals surface area contributed by atoms with E-state index in [1.54, 1.807) is 16.5 Å². The molecule has 0 bridgehead atoms. The van der Waals surface area contributed by atoms with Crippen molar-refractivity contribution in [3.63, 3.8) is 0 Å². The third-order valence-corrected chi connectivity index (χ3v) is 6.65. The average molecular weight is 423 g/mol. The number of rotatable bonds is 3. The minimum Gasteiger partial charge on any atom is -0.355 e. The van der Waals surface area contributed by atoms with Crippen molar-refractivity contribution >= 4 is 16.6 Å². The molecule has 1 saturated heterocycles. The fraction of sp³-hybridized carbons (Fsp3) is 0.455. The van der Waals surface area contributed by atoms with Crippen molar-refractivity contribution in [2.24, 2.45) is 0 Å². The van der Waals surface area contributed by atoms with Crippen LogP contribution in [0.4, 0.5) is 4.39 Å². The number of fused-ring (bicyclic) bond motifs is 3. The Morgan fingerprint density at radius 2 is 2.03 bits per heavy atom. The van der Waals surface area contributed by atoms with Crippen LogP contribution in [-0.2, 0) is 10.5 Å². The summed E-state index contributed by atoms with van der Waals surface area (Å²) in [5.41, 5.74) is 0.0279. The predicted octanol–water partition coefficient (Wildman–Crippen LogP) is 3.98. The molecule has 1 atom stereocenters. The molecule has 1 saturated carbocycles. The molecular weight excluding hydrogens is 401 g/mol. The number of aromatic nitrogens is 5. The number of hydrogen-bond donors (Lipinski definition) is 0. The normalized spacial score (nSPS) is 22.3. The molecule has 9 heteroatoms. The van der Waals surface area contributed by atoms with Crippen molar-refractivity contribution in [1.29, 1.82) is 0 Å². The maximum Gasteiger partial charge on any atom is 0.280 e. The van der Waals surface area contributed by atoms with Crippen LogP contribution in [0.1, 0.15) is 57.3 Å². The standard InChI is InChI=1S/C22H22FN5O3/c1-22(10-5-11-30-22)28-17-14(23)8-4-9-15(17)27-12-24-16(18(27)21(28)29)19-25-20(31-26-19)13-6-2-3-7-13/h4,8-9,12-13H,2-3,5-7,10-11H2,1H3. The number of hydrogen-bond acceptors (Lipinski definition) is 6. The molecule has 160 valence electrons. The molecule has 0 amide bonds. The summed E-state index contributed by atoms with van der Waals surface area (Å²) in [5, 5.41) is 4.12. The van der Waals surface area contributed by atoms with E-state index in [2.05, 4.69) is 15.1 Å². The average Bonchev–Trinajstić information content (AvgIpc) is 3.54. The van der Waals surface area contributed by atoms with Crippen LogP contribution in [0.15, 0.2) is 33.8 Å². The van der Waals surface area contributed by atoms with E-state index in [1.807, 2.05) is 6.92 Å². The second-order valence-corrected chi connectivity index (χ2v) is 8.62. The van der Waals surface area contributed by atoms with Crippen LogP contribution in [0.3, 0.4) is 0 Å². The zero-order valence-electron chi connectivity index (χ0n) is 17.2. The van der Waals surface area contributed by atoms with Crippen LogP contribution in [0.25, 0.3) is 28.1 Å². The van der Waals surface area contributed by atoms with Crippen LogP contribution in [0.2, 0.25) is 0 Å². The quantitative estimate of drug-likeness (QED) is 0.495. The highest BCUT2D eigenvalue weighted by molar-refractivity contribution is 5.84. The maximum absolute atomic E-state index is 15.0. The summed E-state index contributed by atoms with van der Waals surface area (Å²) in [6.07, 6.45) is 7.28. The smallest absolute Gasteiger partial charge is 0.280 e. The lowest BCUT2D eigenvalue weighted by atomic mass is 10.1. The monoisotopic (exact) mass is 423 g/mol. The molecule has 4 aromatic rings. The first-order valence-corrected chi connectivity index (χ1v) is 10.8. The first-order chi connectivity index (χ1) is 15.1. The molecule has 1 unspecified atom stereocenters. The van der Waals surface area contributed by atoms with Crippen LogP contribution in [0.5, 0.6) is 0 Å². The van der Waals surface area contributed by atoms with Crippen molar-refractivity contribution < 1.29 is 13.7 Å². The Labute approximate surface area is 176 Å². The molecule has 0 spiro atoms. The molecule has 6 rings (SSSR count). The summed E-state index contributed by atoms with van der Waals surface area (Å²) in [5.74, 6) is 0.646. The van der Waals surface area contributed by atoms with Gasteiger partial charge in [0.1, 0.15) is 34.6 Å². The summed E-state index contributed by atoms with van der Waals surface area (Å²) in [6, 6.07) is 4.74. The SMILES string of the molecule is CC1(n2c(=O)c3c(-c4noc(C5CCCC5)n4)ncn3c3cccc(F)c32)CCCO1. The molecule has 1 aliphatic carbocycles. The van der Waals surface area contributed by atoms with Crippen LogP contribution < -0.4 is 5.56 Å². The van der Waals surface area contributed by atoms with E-state index in [4.69, 9.17) is 9.26 Å². The molecule has 2 aliphatic rings. The minimum absolute atomic E-state index is 0.202. The lowest BCUT2D eigenvalue weighted by Crippen LogP contribution is -2.39. The van der Waals surface area contributed by atoms with E-state index in [9.17, 15) is 9.18 Å². The molecule has 0 N–H and O–H groups in total. The Morgan fingerprint density at radius 1 is 1.19 bits per heavy atom. The van der Waals surface area contributed by atoms with Gasteiger partial charge in [-0.25, -0.2) is 9.37 Å². The molecule has 8 nitrogen and oxygen atoms in total. The summed E-state index contributed by atoms with van der Waals surface area (Å²) < 4.78 is 29.5. The van der Waals surface area contributed by atoms with Gasteiger partial charge in [0.2, 0.25) is 11.7 Å². The number of para-hydroxylation sites is 1. The Morgan fingerprint density at radius 3 is 2.81 bits per heavy atom. The number of ether oxygens (including phenoxy) is 1. The van der Waals surface area contributed by atoms with Gasteiger partial charge in [-0.1, -0.05) is 24.1 Å². The highest BCUT2D eigenvalue weighted by Gasteiger charge is 2.36. The van der Waals surface area contributed by atoms with E-state index in [0.29, 0.717) is 30.1 Å². The fourth-order valence-corrected chi connectivity index (χ4v) is 5.09. The second-order valence-electron chi connectivity index (χ2n) is 8.62. The number of imidazole rings is 1. The number of halogens is 1. The van der Waals surface area contributed by atoms with Crippen molar-refractivity contribution in [3.05, 3.63) is 46.6 Å². The molecule has 3 aromatic heterocycles. The van der Waals surface area contributed by atoms with Crippen molar-refractivity contribution in [2.45, 2.75) is 57.1 Å². The minimum atomic E-state index is -0.937. The van der Waals surface area contributed by atoms with E-state index in [-0.39, 0.29) is 28.3 Å². The van der Waals surface area contributed by atoms with Gasteiger partial charge in [-0.2, -0.15) is 4.98 Å². The van der Waals surface area contributed by atoms with Crippen molar-refractivity contribution in [1.82, 2.24) is 24.1 Å². The Kier molecular flexibility index (Phi) is 4.05. The van der Waals surface area contributed by atoms with Crippen molar-refractivity contribution in [2.75, 3.05) is 6.61 Å². The third kappa shape index (κ3) is 2.69. The summed E-state index contributed by atoms with van der Waals surface area (Å²) in [6.45, 7) is 2.35. The van der Waals surface area contributed by atoms with Crippen molar-refractivity contribution in [3.8, 4) is 11.5 Å². The maximum atomic E-state index is 15.0. The molecule has 4 heterocycles. The van der Waals surface area contributed by atoms with Gasteiger partial charge in [0.25, 0.3) is 5.56 Å². The molecule has 0 radical (unpaired) electrons. The first kappa shape index (κ1) is 18.7. The molecule has 1 aliphatic heterocycles. The molecular formula is C22H22FN5O3. The van der Waals surface area contributed by atoms with E-state index in [1.165, 1.54) is 17.0 Å². The van der Waals surface area contributed by atoms with E-state index in [0.717, 1.165) is 32.1 Å². The van der Waals surface area contributed by atoms with Gasteiger partial charge < -0.3 is 9.26 Å². The Bertz CT molecular complexity index is 1360. The largest absolute Gasteiger partial charge is 0.355 e. The predicted molar refractivity (Wildman–Crippen MR) is 110 cm³/mol. The number of nitrogens with zero attached hydrogens (tertiary/aromatic N) is 5. The lowest BCUT2D eigenvalue weighted by molar-refractivity contribution is -0.0451. The lowest BCUT2D eigenvalue weighted by Gasteiger charge is -2.28. The third-order valence-electron chi connectivity index (χ3n) is 6.65. The van der Waals surface area contributed by atoms with Crippen LogP contribution in [-0.4, -0.2) is 30.7 Å². The van der Waals surface area contributed by atoms with Crippen LogP contribution >= 0.6 is 0 Å². The first-order valence-electron chi connectivity index (χ1n) is 10.8. The highest BCUT2D eigenvalue weighted by atomic mass is 19.1.